The van der Waals surface area contributed by atoms with Gasteiger partial charge in [-0.2, -0.15) is 9.97 Å². The number of nitrogens with zero attached hydrogens (tertiary/aromatic N) is 4. The first kappa shape index (κ1) is 24.6. The fourth-order valence-electron chi connectivity index (χ4n) is 3.92. The molecular weight excluding hydrogens is 484 g/mol. The molecule has 0 atom stereocenters. The molecule has 1 aliphatic rings. The van der Waals surface area contributed by atoms with Crippen molar-refractivity contribution in [2.45, 2.75) is 0 Å². The predicted molar refractivity (Wildman–Crippen MR) is 144 cm³/mol. The molecule has 10 nitrogen and oxygen atoms in total. The van der Waals surface area contributed by atoms with Gasteiger partial charge in [0, 0.05) is 30.3 Å². The van der Waals surface area contributed by atoms with E-state index in [0.29, 0.717) is 28.5 Å². The van der Waals surface area contributed by atoms with Crippen LogP contribution < -0.4 is 19.9 Å². The molecule has 10 heteroatoms. The van der Waals surface area contributed by atoms with Crippen LogP contribution in [0.5, 0.6) is 34.8 Å². The van der Waals surface area contributed by atoms with Gasteiger partial charge in [0.1, 0.15) is 23.2 Å². The van der Waals surface area contributed by atoms with Crippen molar-refractivity contribution in [1.82, 2.24) is 14.9 Å². The molecule has 192 valence electrons. The number of likely N-dealkylation sites (N-methyl/N-ethyl adjacent to an activating group) is 1. The zero-order valence-corrected chi connectivity index (χ0v) is 20.9. The van der Waals surface area contributed by atoms with Crippen LogP contribution in [-0.2, 0) is 0 Å². The molecule has 4 N–H and O–H groups in total. The average molecular weight is 511 g/mol. The van der Waals surface area contributed by atoms with E-state index in [1.54, 1.807) is 19.2 Å². The second-order valence-electron chi connectivity index (χ2n) is 8.55. The Kier molecular flexibility index (Phi) is 6.77. The van der Waals surface area contributed by atoms with Crippen molar-refractivity contribution in [3.63, 3.8) is 0 Å². The summed E-state index contributed by atoms with van der Waals surface area (Å²) in [5, 5.41) is 18.0. The lowest BCUT2D eigenvalue weighted by molar-refractivity contribution is 0.397. The van der Waals surface area contributed by atoms with Gasteiger partial charge in [-0.3, -0.25) is 10.4 Å². The number of aliphatic imine (C=N–C) groups is 1. The molecule has 2 heterocycles. The van der Waals surface area contributed by atoms with E-state index in [4.69, 9.17) is 25.4 Å². The van der Waals surface area contributed by atoms with Crippen molar-refractivity contribution in [2.75, 3.05) is 27.2 Å². The van der Waals surface area contributed by atoms with Gasteiger partial charge in [-0.1, -0.05) is 12.1 Å². The van der Waals surface area contributed by atoms with Gasteiger partial charge < -0.3 is 30.0 Å². The summed E-state index contributed by atoms with van der Waals surface area (Å²) in [6.07, 6.45) is 0. The predicted octanol–water partition coefficient (Wildman–Crippen LogP) is 4.42. The average Bonchev–Trinajstić information content (AvgIpc) is 3.35. The number of rotatable bonds is 8. The smallest absolute Gasteiger partial charge is 0.226 e. The first-order chi connectivity index (χ1) is 18.4. The van der Waals surface area contributed by atoms with Crippen molar-refractivity contribution in [3.8, 4) is 46.1 Å². The Labute approximate surface area is 219 Å². The number of benzene rings is 3. The molecule has 0 radical (unpaired) electrons. The Morgan fingerprint density at radius 3 is 2.37 bits per heavy atom. The number of nitrogen functional groups attached to an aromatic ring is 1. The van der Waals surface area contributed by atoms with Crippen molar-refractivity contribution < 1.29 is 19.3 Å². The summed E-state index contributed by atoms with van der Waals surface area (Å²) < 4.78 is 17.3. The second kappa shape index (κ2) is 10.5. The molecule has 1 aromatic heterocycles. The van der Waals surface area contributed by atoms with E-state index < -0.39 is 0 Å². The van der Waals surface area contributed by atoms with Crippen molar-refractivity contribution in [3.05, 3.63) is 83.9 Å². The maximum absolute atomic E-state index is 10.3. The number of amidine groups is 2. The first-order valence-corrected chi connectivity index (χ1v) is 11.8. The number of phenols is 1. The summed E-state index contributed by atoms with van der Waals surface area (Å²) >= 11 is 0. The summed E-state index contributed by atoms with van der Waals surface area (Å²) in [6.45, 7) is 1.63. The van der Waals surface area contributed by atoms with Gasteiger partial charge in [0.2, 0.25) is 11.8 Å². The summed E-state index contributed by atoms with van der Waals surface area (Å²) in [4.78, 5) is 15.8. The Morgan fingerprint density at radius 2 is 1.68 bits per heavy atom. The number of aromatic nitrogens is 2. The van der Waals surface area contributed by atoms with E-state index in [1.807, 2.05) is 43.4 Å². The minimum absolute atomic E-state index is 0.0901. The third-order valence-corrected chi connectivity index (χ3v) is 5.89. The maximum atomic E-state index is 10.3. The Morgan fingerprint density at radius 1 is 0.921 bits per heavy atom. The third kappa shape index (κ3) is 5.34. The molecule has 0 aliphatic carbocycles. The van der Waals surface area contributed by atoms with E-state index in [0.717, 1.165) is 24.5 Å². The molecule has 5 rings (SSSR count). The van der Waals surface area contributed by atoms with Gasteiger partial charge in [-0.25, -0.2) is 0 Å². The van der Waals surface area contributed by atoms with Crippen LogP contribution in [0.25, 0.3) is 11.4 Å². The lowest BCUT2D eigenvalue weighted by atomic mass is 10.2. The van der Waals surface area contributed by atoms with Crippen LogP contribution in [0.2, 0.25) is 0 Å². The quantitative estimate of drug-likeness (QED) is 0.234. The molecule has 4 aromatic rings. The van der Waals surface area contributed by atoms with Gasteiger partial charge in [0.05, 0.1) is 19.7 Å². The van der Waals surface area contributed by atoms with Crippen LogP contribution in [0.3, 0.4) is 0 Å². The van der Waals surface area contributed by atoms with Crippen LogP contribution >= 0.6 is 0 Å². The highest BCUT2D eigenvalue weighted by Crippen LogP contribution is 2.34. The Bertz CT molecular complexity index is 1520. The summed E-state index contributed by atoms with van der Waals surface area (Å²) in [5.74, 6) is 2.69. The fourth-order valence-corrected chi connectivity index (χ4v) is 3.92. The Hall–Kier alpha value is -5.12. The largest absolute Gasteiger partial charge is 0.504 e. The number of nitrogens with two attached hydrogens (primary N) is 1. The number of aromatic hydroxyl groups is 1. The van der Waals surface area contributed by atoms with Crippen LogP contribution in [-0.4, -0.2) is 58.9 Å². The highest BCUT2D eigenvalue weighted by Gasteiger charge is 2.17. The van der Waals surface area contributed by atoms with Gasteiger partial charge in [-0.05, 0) is 54.6 Å². The minimum atomic E-state index is -0.155. The molecule has 0 spiro atoms. The van der Waals surface area contributed by atoms with Crippen LogP contribution in [0.15, 0.2) is 77.8 Å². The molecular formula is C28H26N6O4. The lowest BCUT2D eigenvalue weighted by Crippen LogP contribution is -2.23. The number of phenolic OH excluding ortho intramolecular Hbond substituents is 1. The minimum Gasteiger partial charge on any atom is -0.504 e. The van der Waals surface area contributed by atoms with Crippen molar-refractivity contribution >= 4 is 11.7 Å². The fraction of sp³-hybridized carbons (Fsp3) is 0.143. The zero-order chi connectivity index (χ0) is 26.6. The summed E-state index contributed by atoms with van der Waals surface area (Å²) in [7, 11) is 3.60. The number of hydrogen-bond acceptors (Lipinski definition) is 9. The highest BCUT2D eigenvalue weighted by molar-refractivity contribution is 6.00. The number of ether oxygens (including phenoxy) is 3. The normalized spacial score (nSPS) is 12.7. The van der Waals surface area contributed by atoms with E-state index in [-0.39, 0.29) is 29.1 Å². The summed E-state index contributed by atoms with van der Waals surface area (Å²) in [5.41, 5.74) is 7.65. The molecule has 38 heavy (non-hydrogen) atoms. The van der Waals surface area contributed by atoms with Gasteiger partial charge >= 0.3 is 0 Å². The summed E-state index contributed by atoms with van der Waals surface area (Å²) in [6, 6.07) is 20.8. The van der Waals surface area contributed by atoms with Crippen LogP contribution in [0, 0.1) is 5.41 Å². The molecule has 0 saturated carbocycles. The topological polar surface area (TPSA) is 139 Å². The van der Waals surface area contributed by atoms with E-state index in [1.165, 1.54) is 24.3 Å². The SMILES string of the molecule is COc1ccc(-c2nc(Oc3cccc(C4=NCCN4C)c3)cc(Oc3cc(C(=N)N)ccc3O)n2)cc1. The van der Waals surface area contributed by atoms with Crippen molar-refractivity contribution in [2.24, 2.45) is 10.7 Å². The monoisotopic (exact) mass is 510 g/mol. The molecule has 0 unspecified atom stereocenters. The van der Waals surface area contributed by atoms with Gasteiger partial charge in [0.25, 0.3) is 0 Å². The number of hydrogen-bond donors (Lipinski definition) is 3. The van der Waals surface area contributed by atoms with E-state index >= 15 is 0 Å². The number of nitrogens with one attached hydrogen (secondary N) is 1. The number of methoxy groups -OCH3 is 1. The second-order valence-corrected chi connectivity index (χ2v) is 8.55. The van der Waals surface area contributed by atoms with Gasteiger partial charge in [-0.15, -0.1) is 0 Å². The molecule has 3 aromatic carbocycles. The van der Waals surface area contributed by atoms with Crippen LogP contribution in [0.4, 0.5) is 0 Å². The van der Waals surface area contributed by atoms with Crippen LogP contribution in [0.1, 0.15) is 11.1 Å². The maximum Gasteiger partial charge on any atom is 0.226 e. The molecule has 1 aliphatic heterocycles. The third-order valence-electron chi connectivity index (χ3n) is 5.89. The molecule has 0 amide bonds. The van der Waals surface area contributed by atoms with Gasteiger partial charge in [0.15, 0.2) is 17.3 Å². The van der Waals surface area contributed by atoms with E-state index in [2.05, 4.69) is 19.9 Å². The lowest BCUT2D eigenvalue weighted by Gasteiger charge is -2.15. The molecule has 0 bridgehead atoms. The first-order valence-electron chi connectivity index (χ1n) is 11.8. The Balaban J connectivity index is 1.52. The standard InChI is InChI=1S/C28H26N6O4/c1-34-13-12-31-28(34)19-4-3-5-21(14-19)37-24-16-25(38-23-15-18(26(29)30)8-11-22(23)35)33-27(32-24)17-6-9-20(36-2)10-7-17/h3-11,14-16,35H,12-13H2,1-2H3,(H3,29,30). The molecule has 0 fully saturated rings. The van der Waals surface area contributed by atoms with E-state index in [9.17, 15) is 5.11 Å². The highest BCUT2D eigenvalue weighted by atomic mass is 16.5. The molecule has 0 saturated heterocycles. The zero-order valence-electron chi connectivity index (χ0n) is 20.9. The van der Waals surface area contributed by atoms with Crippen molar-refractivity contribution in [1.29, 1.82) is 5.41 Å².